The number of hydrogen-bond acceptors (Lipinski definition) is 2. The molecule has 3 rings (SSSR count). The minimum atomic E-state index is -0.0725. The first-order valence-electron chi connectivity index (χ1n) is 6.98. The first-order chi connectivity index (χ1) is 8.33. The second-order valence-electron chi connectivity index (χ2n) is 5.48. The molecule has 0 aromatic heterocycles. The van der Waals surface area contributed by atoms with E-state index in [0.29, 0.717) is 0 Å². The lowest BCUT2D eigenvalue weighted by Crippen LogP contribution is -2.38. The van der Waals surface area contributed by atoms with E-state index in [0.717, 1.165) is 38.8 Å². The van der Waals surface area contributed by atoms with Gasteiger partial charge in [0, 0.05) is 13.1 Å². The van der Waals surface area contributed by atoms with Crippen molar-refractivity contribution in [3.05, 3.63) is 11.1 Å². The van der Waals surface area contributed by atoms with Crippen LogP contribution in [0.4, 0.5) is 4.79 Å². The number of carbonyl (C=O) groups is 1. The molecule has 1 saturated heterocycles. The average molecular weight is 235 g/mol. The number of allylic oxidation sites excluding steroid dienone is 1. The molecule has 94 valence electrons. The van der Waals surface area contributed by atoms with Crippen LogP contribution >= 0.6 is 0 Å². The molecule has 3 aliphatic rings. The zero-order valence-corrected chi connectivity index (χ0v) is 10.4. The molecule has 0 radical (unpaired) electrons. The van der Waals surface area contributed by atoms with Crippen molar-refractivity contribution in [3.63, 3.8) is 0 Å². The molecule has 2 saturated carbocycles. The first-order valence-corrected chi connectivity index (χ1v) is 6.98. The summed E-state index contributed by atoms with van der Waals surface area (Å²) in [7, 11) is 0. The summed E-state index contributed by atoms with van der Waals surface area (Å²) in [6.45, 7) is 1.73. The van der Waals surface area contributed by atoms with Gasteiger partial charge in [-0.05, 0) is 51.4 Å². The fourth-order valence-electron chi connectivity index (χ4n) is 2.95. The van der Waals surface area contributed by atoms with Crippen molar-refractivity contribution in [1.82, 2.24) is 4.90 Å². The van der Waals surface area contributed by atoms with E-state index < -0.39 is 0 Å². The average Bonchev–Trinajstić information content (AvgIpc) is 3.09. The molecule has 3 nitrogen and oxygen atoms in total. The van der Waals surface area contributed by atoms with Crippen LogP contribution in [0.15, 0.2) is 11.1 Å². The molecule has 3 fully saturated rings. The minimum absolute atomic E-state index is 0.0725. The number of amides is 1. The Morgan fingerprint density at radius 1 is 1.00 bits per heavy atom. The number of carbonyl (C=O) groups excluding carboxylic acids is 1. The Morgan fingerprint density at radius 3 is 2.18 bits per heavy atom. The molecule has 0 spiro atoms. The molecule has 0 atom stereocenters. The zero-order valence-electron chi connectivity index (χ0n) is 10.4. The fourth-order valence-corrected chi connectivity index (χ4v) is 2.95. The Kier molecular flexibility index (Phi) is 3.08. The van der Waals surface area contributed by atoms with Gasteiger partial charge in [-0.3, -0.25) is 0 Å². The van der Waals surface area contributed by atoms with E-state index in [4.69, 9.17) is 4.74 Å². The van der Waals surface area contributed by atoms with Crippen LogP contribution in [0, 0.1) is 0 Å². The van der Waals surface area contributed by atoms with Gasteiger partial charge in [0.05, 0.1) is 0 Å². The van der Waals surface area contributed by atoms with Gasteiger partial charge in [-0.1, -0.05) is 11.1 Å². The summed E-state index contributed by atoms with van der Waals surface area (Å²) in [5.74, 6) is 0. The zero-order chi connectivity index (χ0) is 11.7. The van der Waals surface area contributed by atoms with Crippen LogP contribution in [0.5, 0.6) is 0 Å². The molecule has 1 aliphatic heterocycles. The van der Waals surface area contributed by atoms with E-state index in [1.807, 2.05) is 4.90 Å². The SMILES string of the molecule is O=C(OC1CCCC1)N1CCC(=C2CC2)CC1. The number of piperidine rings is 1. The lowest BCUT2D eigenvalue weighted by Gasteiger charge is -2.29. The molecule has 0 N–H and O–H groups in total. The Balaban J connectivity index is 1.48. The quantitative estimate of drug-likeness (QED) is 0.653. The largest absolute Gasteiger partial charge is 0.446 e. The monoisotopic (exact) mass is 235 g/mol. The summed E-state index contributed by atoms with van der Waals surface area (Å²) < 4.78 is 5.53. The number of rotatable bonds is 1. The maximum Gasteiger partial charge on any atom is 0.410 e. The fraction of sp³-hybridized carbons (Fsp3) is 0.786. The van der Waals surface area contributed by atoms with Crippen LogP contribution in [-0.2, 0) is 4.74 Å². The predicted octanol–water partition coefficient (Wildman–Crippen LogP) is 3.25. The third-order valence-electron chi connectivity index (χ3n) is 4.19. The Morgan fingerprint density at radius 2 is 1.59 bits per heavy atom. The van der Waals surface area contributed by atoms with Crippen molar-refractivity contribution in [1.29, 1.82) is 0 Å². The topological polar surface area (TPSA) is 29.5 Å². The second-order valence-corrected chi connectivity index (χ2v) is 5.48. The molecule has 1 amide bonds. The highest BCUT2D eigenvalue weighted by Gasteiger charge is 2.27. The van der Waals surface area contributed by atoms with Gasteiger partial charge in [0.15, 0.2) is 0 Å². The lowest BCUT2D eigenvalue weighted by atomic mass is 10.0. The first kappa shape index (κ1) is 11.1. The van der Waals surface area contributed by atoms with Crippen molar-refractivity contribution in [2.24, 2.45) is 0 Å². The molecule has 2 aliphatic carbocycles. The number of nitrogens with zero attached hydrogens (tertiary/aromatic N) is 1. The summed E-state index contributed by atoms with van der Waals surface area (Å²) in [6, 6.07) is 0. The van der Waals surface area contributed by atoms with E-state index in [1.165, 1.54) is 25.7 Å². The van der Waals surface area contributed by atoms with Gasteiger partial charge in [0.1, 0.15) is 6.10 Å². The number of ether oxygens (including phenoxy) is 1. The van der Waals surface area contributed by atoms with E-state index in [-0.39, 0.29) is 12.2 Å². The molecule has 0 bridgehead atoms. The number of likely N-dealkylation sites (tertiary alicyclic amines) is 1. The standard InChI is InChI=1S/C14H21NO2/c16-14(17-13-3-1-2-4-13)15-9-7-12(8-10-15)11-5-6-11/h13H,1-10H2. The molecule has 3 heteroatoms. The Labute approximate surface area is 103 Å². The van der Waals surface area contributed by atoms with Crippen molar-refractivity contribution >= 4 is 6.09 Å². The maximum absolute atomic E-state index is 11.9. The summed E-state index contributed by atoms with van der Waals surface area (Å²) in [4.78, 5) is 13.8. The highest BCUT2D eigenvalue weighted by Crippen LogP contribution is 2.36. The van der Waals surface area contributed by atoms with E-state index >= 15 is 0 Å². The van der Waals surface area contributed by atoms with E-state index in [9.17, 15) is 4.79 Å². The molecular formula is C14H21NO2. The van der Waals surface area contributed by atoms with Gasteiger partial charge in [0.2, 0.25) is 0 Å². The van der Waals surface area contributed by atoms with Gasteiger partial charge in [-0.2, -0.15) is 0 Å². The summed E-state index contributed by atoms with van der Waals surface area (Å²) in [5, 5.41) is 0. The summed E-state index contributed by atoms with van der Waals surface area (Å²) >= 11 is 0. The molecule has 1 heterocycles. The van der Waals surface area contributed by atoms with Crippen LogP contribution in [0.25, 0.3) is 0 Å². The van der Waals surface area contributed by atoms with Crippen LogP contribution < -0.4 is 0 Å². The third-order valence-corrected chi connectivity index (χ3v) is 4.19. The molecule has 17 heavy (non-hydrogen) atoms. The smallest absolute Gasteiger partial charge is 0.410 e. The van der Waals surface area contributed by atoms with Gasteiger partial charge >= 0.3 is 6.09 Å². The van der Waals surface area contributed by atoms with Gasteiger partial charge in [-0.25, -0.2) is 4.79 Å². The van der Waals surface area contributed by atoms with Crippen LogP contribution in [0.3, 0.4) is 0 Å². The van der Waals surface area contributed by atoms with E-state index in [2.05, 4.69) is 0 Å². The normalized spacial score (nSPS) is 25.3. The summed E-state index contributed by atoms with van der Waals surface area (Å²) in [5.41, 5.74) is 3.28. The van der Waals surface area contributed by atoms with Gasteiger partial charge in [0.25, 0.3) is 0 Å². The van der Waals surface area contributed by atoms with Crippen molar-refractivity contribution in [3.8, 4) is 0 Å². The van der Waals surface area contributed by atoms with Gasteiger partial charge in [-0.15, -0.1) is 0 Å². The Bertz CT molecular complexity index is 326. The highest BCUT2D eigenvalue weighted by molar-refractivity contribution is 5.68. The maximum atomic E-state index is 11.9. The summed E-state index contributed by atoms with van der Waals surface area (Å²) in [6.07, 6.45) is 9.46. The second kappa shape index (κ2) is 4.71. The molecular weight excluding hydrogens is 214 g/mol. The van der Waals surface area contributed by atoms with Crippen LogP contribution in [0.1, 0.15) is 51.4 Å². The minimum Gasteiger partial charge on any atom is -0.446 e. The lowest BCUT2D eigenvalue weighted by molar-refractivity contribution is 0.0633. The van der Waals surface area contributed by atoms with Crippen LogP contribution in [0.2, 0.25) is 0 Å². The predicted molar refractivity (Wildman–Crippen MR) is 65.8 cm³/mol. The number of hydrogen-bond donors (Lipinski definition) is 0. The van der Waals surface area contributed by atoms with Crippen molar-refractivity contribution in [2.75, 3.05) is 13.1 Å². The molecule has 0 aromatic carbocycles. The molecule has 0 aromatic rings. The van der Waals surface area contributed by atoms with Gasteiger partial charge < -0.3 is 9.64 Å². The van der Waals surface area contributed by atoms with Crippen molar-refractivity contribution < 1.29 is 9.53 Å². The van der Waals surface area contributed by atoms with E-state index in [1.54, 1.807) is 11.1 Å². The molecule has 0 unspecified atom stereocenters. The van der Waals surface area contributed by atoms with Crippen LogP contribution in [-0.4, -0.2) is 30.2 Å². The highest BCUT2D eigenvalue weighted by atomic mass is 16.6. The van der Waals surface area contributed by atoms with Crippen molar-refractivity contribution in [2.45, 2.75) is 57.5 Å². The third kappa shape index (κ3) is 2.64. The Hall–Kier alpha value is -0.990.